The Morgan fingerprint density at radius 2 is 1.48 bits per heavy atom. The number of benzene rings is 4. The largest absolute Gasteiger partial charge is 0.489 e. The maximum Gasteiger partial charge on any atom is 0.425 e. The highest BCUT2D eigenvalue weighted by Gasteiger charge is 2.39. The summed E-state index contributed by atoms with van der Waals surface area (Å²) in [6.45, 7) is 17.0. The number of nitrogens with zero attached hydrogens (tertiary/aromatic N) is 4. The van der Waals surface area contributed by atoms with Crippen LogP contribution in [0.25, 0.3) is 10.8 Å². The maximum atomic E-state index is 16.1. The number of rotatable bonds is 18. The van der Waals surface area contributed by atoms with E-state index in [4.69, 9.17) is 24.7 Å². The molecule has 1 atom stereocenters. The fourth-order valence-corrected chi connectivity index (χ4v) is 10.3. The summed E-state index contributed by atoms with van der Waals surface area (Å²) in [6.07, 6.45) is -0.406. The van der Waals surface area contributed by atoms with Gasteiger partial charge in [0.15, 0.2) is 15.7 Å². The number of nitrogen functional groups attached to an aromatic ring is 1. The Hall–Kier alpha value is -6.73. The van der Waals surface area contributed by atoms with E-state index < -0.39 is 70.4 Å². The Balaban J connectivity index is 1.42. The Kier molecular flexibility index (Phi) is 17.2. The Bertz CT molecular complexity index is 2910. The van der Waals surface area contributed by atoms with Crippen molar-refractivity contribution >= 4 is 70.1 Å². The second kappa shape index (κ2) is 22.6. The first kappa shape index (κ1) is 55.6. The van der Waals surface area contributed by atoms with E-state index in [0.717, 1.165) is 17.8 Å². The van der Waals surface area contributed by atoms with Crippen LogP contribution in [-0.2, 0) is 48.4 Å². The molecular formula is C54H69FN6O10SSi. The zero-order valence-electron chi connectivity index (χ0n) is 43.7. The quantitative estimate of drug-likeness (QED) is 0.0478. The lowest BCUT2D eigenvalue weighted by molar-refractivity contribution is -0.131. The topological polar surface area (TPSA) is 200 Å². The minimum atomic E-state index is -3.70. The minimum absolute atomic E-state index is 0.0543. The molecule has 1 saturated carbocycles. The molecular weight excluding hydrogens is 972 g/mol. The summed E-state index contributed by atoms with van der Waals surface area (Å²) < 4.78 is 66.5. The number of hydrogen-bond acceptors (Lipinski definition) is 13. The van der Waals surface area contributed by atoms with E-state index in [2.05, 4.69) is 29.9 Å². The summed E-state index contributed by atoms with van der Waals surface area (Å²) in [4.78, 5) is 63.4. The van der Waals surface area contributed by atoms with Crippen LogP contribution in [0.4, 0.5) is 36.0 Å². The second-order valence-corrected chi connectivity index (χ2v) is 29.4. The Morgan fingerprint density at radius 1 is 0.822 bits per heavy atom. The van der Waals surface area contributed by atoms with Crippen molar-refractivity contribution in [1.29, 1.82) is 0 Å². The van der Waals surface area contributed by atoms with Gasteiger partial charge in [0.25, 0.3) is 0 Å². The normalized spacial score (nSPS) is 13.4. The standard InChI is InChI=1S/C54H69FN6O10SSi/c1-53(2,3)70-51(64)61(52(65)71-54(4,5)6)48-42-22-19-40(31-43(42)44(55)32-57-48)58-47(49(62)60(8)33-38-30-39(56)18-24-46(38)72(66,67)41-20-21-41)37-17-23-45(69-34-35-15-13-12-14-16-35)36(29-37)25-26-59(7)50(63)68-27-28-73(9,10)11/h12-19,22-24,29-32,41,47,58H,20-21,25-28,33-34,56H2,1-11H3. The summed E-state index contributed by atoms with van der Waals surface area (Å²) in [5.41, 5.74) is 7.11. The Morgan fingerprint density at radius 3 is 2.10 bits per heavy atom. The fraction of sp³-hybridized carbons (Fsp3) is 0.426. The molecule has 5 aromatic rings. The molecule has 1 fully saturated rings. The van der Waals surface area contributed by atoms with E-state index in [1.54, 1.807) is 86.0 Å². The van der Waals surface area contributed by atoms with Crippen molar-refractivity contribution in [3.8, 4) is 5.75 Å². The number of carbonyl (C=O) groups excluding carboxylic acids is 4. The average molecular weight is 1040 g/mol. The van der Waals surface area contributed by atoms with E-state index in [-0.39, 0.29) is 46.9 Å². The van der Waals surface area contributed by atoms with Crippen molar-refractivity contribution in [1.82, 2.24) is 14.8 Å². The summed E-state index contributed by atoms with van der Waals surface area (Å²) in [5, 5.41) is 2.78. The number of nitrogens with two attached hydrogens (primary N) is 1. The van der Waals surface area contributed by atoms with E-state index in [9.17, 15) is 22.8 Å². The summed E-state index contributed by atoms with van der Waals surface area (Å²) >= 11 is 0. The zero-order chi connectivity index (χ0) is 53.6. The van der Waals surface area contributed by atoms with Gasteiger partial charge in [-0.2, -0.15) is 4.90 Å². The lowest BCUT2D eigenvalue weighted by atomic mass is 9.99. The van der Waals surface area contributed by atoms with Crippen molar-refractivity contribution in [3.05, 3.63) is 119 Å². The van der Waals surface area contributed by atoms with Gasteiger partial charge < -0.3 is 39.8 Å². The molecule has 0 spiro atoms. The molecule has 16 nitrogen and oxygen atoms in total. The lowest BCUT2D eigenvalue weighted by Crippen LogP contribution is -2.44. The van der Waals surface area contributed by atoms with Gasteiger partial charge in [-0.05, 0) is 138 Å². The predicted octanol–water partition coefficient (Wildman–Crippen LogP) is 10.9. The van der Waals surface area contributed by atoms with Crippen LogP contribution in [0.2, 0.25) is 25.7 Å². The fourth-order valence-electron chi connectivity index (χ4n) is 7.68. The first-order chi connectivity index (χ1) is 34.1. The molecule has 0 saturated heterocycles. The van der Waals surface area contributed by atoms with Gasteiger partial charge in [-0.1, -0.05) is 56.0 Å². The Labute approximate surface area is 429 Å². The molecule has 1 unspecified atom stereocenters. The molecule has 0 radical (unpaired) electrons. The van der Waals surface area contributed by atoms with Gasteiger partial charge in [-0.25, -0.2) is 32.2 Å². The summed E-state index contributed by atoms with van der Waals surface area (Å²) in [5.74, 6) is -1.04. The molecule has 6 rings (SSSR count). The molecule has 1 aliphatic carbocycles. The van der Waals surface area contributed by atoms with Gasteiger partial charge in [-0.15, -0.1) is 0 Å². The number of ether oxygens (including phenoxy) is 4. The van der Waals surface area contributed by atoms with Crippen LogP contribution < -0.4 is 20.7 Å². The number of pyridine rings is 1. The smallest absolute Gasteiger partial charge is 0.425 e. The molecule has 1 heterocycles. The van der Waals surface area contributed by atoms with Crippen LogP contribution in [0.15, 0.2) is 96.0 Å². The van der Waals surface area contributed by atoms with Crippen LogP contribution in [-0.4, -0.2) is 99.2 Å². The molecule has 1 aliphatic rings. The number of nitrogens with one attached hydrogen (secondary N) is 1. The maximum absolute atomic E-state index is 16.1. The third-order valence-electron chi connectivity index (χ3n) is 11.6. The number of aromatic nitrogens is 1. The van der Waals surface area contributed by atoms with E-state index in [0.29, 0.717) is 58.9 Å². The lowest BCUT2D eigenvalue weighted by Gasteiger charge is -2.29. The third kappa shape index (κ3) is 15.2. The minimum Gasteiger partial charge on any atom is -0.489 e. The molecule has 4 amide bonds. The summed E-state index contributed by atoms with van der Waals surface area (Å²) in [6, 6.07) is 23.5. The molecule has 1 aromatic heterocycles. The van der Waals surface area contributed by atoms with Gasteiger partial charge in [-0.3, -0.25) is 4.79 Å². The molecule has 73 heavy (non-hydrogen) atoms. The second-order valence-electron chi connectivity index (χ2n) is 21.6. The van der Waals surface area contributed by atoms with Gasteiger partial charge in [0.05, 0.1) is 22.9 Å². The highest BCUT2D eigenvalue weighted by atomic mass is 32.2. The van der Waals surface area contributed by atoms with Crippen molar-refractivity contribution in [2.45, 2.75) is 127 Å². The molecule has 19 heteroatoms. The molecule has 0 aliphatic heterocycles. The molecule has 0 bridgehead atoms. The zero-order valence-corrected chi connectivity index (χ0v) is 45.5. The van der Waals surface area contributed by atoms with Crippen molar-refractivity contribution in [2.24, 2.45) is 0 Å². The average Bonchev–Trinajstić information content (AvgIpc) is 4.16. The number of hydrogen-bond donors (Lipinski definition) is 2. The molecule has 392 valence electrons. The van der Waals surface area contributed by atoms with Gasteiger partial charge in [0, 0.05) is 57.4 Å². The number of amides is 4. The highest BCUT2D eigenvalue weighted by molar-refractivity contribution is 7.92. The first-order valence-electron chi connectivity index (χ1n) is 24.3. The van der Waals surface area contributed by atoms with Crippen LogP contribution in [0, 0.1) is 5.82 Å². The predicted molar refractivity (Wildman–Crippen MR) is 284 cm³/mol. The third-order valence-corrected chi connectivity index (χ3v) is 15.7. The van der Waals surface area contributed by atoms with Gasteiger partial charge in [0.2, 0.25) is 5.91 Å². The van der Waals surface area contributed by atoms with E-state index in [1.165, 1.54) is 34.1 Å². The number of sulfone groups is 1. The van der Waals surface area contributed by atoms with Crippen LogP contribution in [0.5, 0.6) is 5.75 Å². The number of anilines is 3. The van der Waals surface area contributed by atoms with Crippen LogP contribution in [0.3, 0.4) is 0 Å². The van der Waals surface area contributed by atoms with Crippen molar-refractivity contribution in [3.63, 3.8) is 0 Å². The van der Waals surface area contributed by atoms with Crippen LogP contribution in [0.1, 0.15) is 82.7 Å². The van der Waals surface area contributed by atoms with Crippen molar-refractivity contribution in [2.75, 3.05) is 43.2 Å². The number of carbonyl (C=O) groups is 4. The monoisotopic (exact) mass is 1040 g/mol. The molecule has 4 aromatic carbocycles. The van der Waals surface area contributed by atoms with Crippen molar-refractivity contribution < 1.29 is 50.9 Å². The van der Waals surface area contributed by atoms with Gasteiger partial charge >= 0.3 is 18.3 Å². The number of fused-ring (bicyclic) bond motifs is 1. The molecule has 3 N–H and O–H groups in total. The van der Waals surface area contributed by atoms with Gasteiger partial charge in [0.1, 0.15) is 35.4 Å². The number of halogens is 1. The summed E-state index contributed by atoms with van der Waals surface area (Å²) in [7, 11) is -1.95. The SMILES string of the molecule is CN(CCc1cc(C(Nc2ccc3c(N(C(=O)OC(C)(C)C)C(=O)OC(C)(C)C)ncc(F)c3c2)C(=O)N(C)Cc2cc(N)ccc2S(=O)(=O)C2CC2)ccc1OCc1ccccc1)C(=O)OCC[Si](C)(C)C. The number of likely N-dealkylation sites (N-methyl/N-ethyl adjacent to an activating group) is 2. The first-order valence-corrected chi connectivity index (χ1v) is 29.5. The van der Waals surface area contributed by atoms with E-state index in [1.807, 2.05) is 30.3 Å². The highest BCUT2D eigenvalue weighted by Crippen LogP contribution is 2.37. The number of imide groups is 1. The van der Waals surface area contributed by atoms with E-state index >= 15 is 9.18 Å². The van der Waals surface area contributed by atoms with Crippen LogP contribution >= 0.6 is 0 Å².